The molecule has 0 bridgehead atoms. The highest BCUT2D eigenvalue weighted by Gasteiger charge is 2.11. The Morgan fingerprint density at radius 2 is 2.13 bits per heavy atom. The quantitative estimate of drug-likeness (QED) is 0.538. The molecule has 0 radical (unpaired) electrons. The number of carbonyl (C=O) groups is 1. The van der Waals surface area contributed by atoms with Crippen LogP contribution in [0.1, 0.15) is 35.7 Å². The SMILES string of the molecule is C#CCC(C)CC(=O)c1ccccc1C. The van der Waals surface area contributed by atoms with Crippen LogP contribution in [0.15, 0.2) is 24.3 Å². The Labute approximate surface area is 91.5 Å². The summed E-state index contributed by atoms with van der Waals surface area (Å²) >= 11 is 0. The lowest BCUT2D eigenvalue weighted by Gasteiger charge is -2.08. The third kappa shape index (κ3) is 3.25. The number of hydrogen-bond donors (Lipinski definition) is 0. The van der Waals surface area contributed by atoms with E-state index in [1.54, 1.807) is 0 Å². The summed E-state index contributed by atoms with van der Waals surface area (Å²) in [6.07, 6.45) is 6.41. The Balaban J connectivity index is 2.70. The summed E-state index contributed by atoms with van der Waals surface area (Å²) < 4.78 is 0. The van der Waals surface area contributed by atoms with E-state index in [9.17, 15) is 4.79 Å². The summed E-state index contributed by atoms with van der Waals surface area (Å²) in [6, 6.07) is 7.67. The third-order valence-corrected chi connectivity index (χ3v) is 2.45. The smallest absolute Gasteiger partial charge is 0.163 e. The van der Waals surface area contributed by atoms with Crippen molar-refractivity contribution >= 4 is 5.78 Å². The molecule has 0 saturated carbocycles. The average Bonchev–Trinajstić information content (AvgIpc) is 2.18. The molecular weight excluding hydrogens is 184 g/mol. The molecule has 1 nitrogen and oxygen atoms in total. The van der Waals surface area contributed by atoms with E-state index in [1.165, 1.54) is 0 Å². The lowest BCUT2D eigenvalue weighted by atomic mass is 9.95. The zero-order chi connectivity index (χ0) is 11.3. The second-order valence-corrected chi connectivity index (χ2v) is 3.96. The molecule has 0 amide bonds. The van der Waals surface area contributed by atoms with Crippen molar-refractivity contribution in [1.82, 2.24) is 0 Å². The van der Waals surface area contributed by atoms with Gasteiger partial charge in [-0.3, -0.25) is 4.79 Å². The molecule has 0 saturated heterocycles. The van der Waals surface area contributed by atoms with E-state index in [4.69, 9.17) is 6.42 Å². The summed E-state index contributed by atoms with van der Waals surface area (Å²) in [7, 11) is 0. The molecule has 0 aliphatic carbocycles. The second kappa shape index (κ2) is 5.36. The normalized spacial score (nSPS) is 11.8. The van der Waals surface area contributed by atoms with E-state index in [2.05, 4.69) is 5.92 Å². The summed E-state index contributed by atoms with van der Waals surface area (Å²) in [5, 5.41) is 0. The summed E-state index contributed by atoms with van der Waals surface area (Å²) in [5.74, 6) is 3.04. The molecule has 0 aliphatic heterocycles. The Bertz CT molecular complexity index is 385. The molecule has 1 unspecified atom stereocenters. The van der Waals surface area contributed by atoms with Crippen LogP contribution in [0.5, 0.6) is 0 Å². The van der Waals surface area contributed by atoms with Gasteiger partial charge in [-0.1, -0.05) is 31.2 Å². The Kier molecular flexibility index (Phi) is 4.12. The van der Waals surface area contributed by atoms with Crippen LogP contribution in [-0.4, -0.2) is 5.78 Å². The number of benzene rings is 1. The van der Waals surface area contributed by atoms with Gasteiger partial charge >= 0.3 is 0 Å². The van der Waals surface area contributed by atoms with Crippen molar-refractivity contribution in [3.8, 4) is 12.3 Å². The molecule has 1 rings (SSSR count). The van der Waals surface area contributed by atoms with Gasteiger partial charge < -0.3 is 0 Å². The highest BCUT2D eigenvalue weighted by atomic mass is 16.1. The summed E-state index contributed by atoms with van der Waals surface area (Å²) in [6.45, 7) is 3.97. The van der Waals surface area contributed by atoms with Crippen LogP contribution in [0.25, 0.3) is 0 Å². The number of ketones is 1. The first-order chi connectivity index (χ1) is 7.15. The van der Waals surface area contributed by atoms with Gasteiger partial charge in [-0.15, -0.1) is 12.3 Å². The molecule has 0 fully saturated rings. The van der Waals surface area contributed by atoms with Crippen LogP contribution in [0.4, 0.5) is 0 Å². The van der Waals surface area contributed by atoms with Crippen molar-refractivity contribution in [1.29, 1.82) is 0 Å². The highest BCUT2D eigenvalue weighted by molar-refractivity contribution is 5.97. The first-order valence-corrected chi connectivity index (χ1v) is 5.17. The maximum Gasteiger partial charge on any atom is 0.163 e. The minimum atomic E-state index is 0.191. The van der Waals surface area contributed by atoms with E-state index < -0.39 is 0 Å². The Morgan fingerprint density at radius 1 is 1.47 bits per heavy atom. The fraction of sp³-hybridized carbons (Fsp3) is 0.357. The minimum Gasteiger partial charge on any atom is -0.294 e. The van der Waals surface area contributed by atoms with Crippen molar-refractivity contribution < 1.29 is 4.79 Å². The molecule has 15 heavy (non-hydrogen) atoms. The van der Waals surface area contributed by atoms with Crippen LogP contribution < -0.4 is 0 Å². The van der Waals surface area contributed by atoms with Gasteiger partial charge in [-0.05, 0) is 18.4 Å². The molecular formula is C14H16O. The Morgan fingerprint density at radius 3 is 2.73 bits per heavy atom. The second-order valence-electron chi connectivity index (χ2n) is 3.96. The molecule has 78 valence electrons. The number of terminal acetylenes is 1. The van der Waals surface area contributed by atoms with Crippen molar-refractivity contribution in [3.05, 3.63) is 35.4 Å². The van der Waals surface area contributed by atoms with E-state index in [0.717, 1.165) is 11.1 Å². The van der Waals surface area contributed by atoms with Crippen molar-refractivity contribution in [2.24, 2.45) is 5.92 Å². The lowest BCUT2D eigenvalue weighted by Crippen LogP contribution is -2.07. The maximum atomic E-state index is 11.9. The maximum absolute atomic E-state index is 11.9. The van der Waals surface area contributed by atoms with Crippen LogP contribution in [0.3, 0.4) is 0 Å². The van der Waals surface area contributed by atoms with Crippen LogP contribution in [0, 0.1) is 25.2 Å². The van der Waals surface area contributed by atoms with Crippen LogP contribution >= 0.6 is 0 Å². The van der Waals surface area contributed by atoms with Crippen molar-refractivity contribution in [3.63, 3.8) is 0 Å². The molecule has 0 N–H and O–H groups in total. The summed E-state index contributed by atoms with van der Waals surface area (Å²) in [5.41, 5.74) is 1.86. The summed E-state index contributed by atoms with van der Waals surface area (Å²) in [4.78, 5) is 11.9. The molecule has 0 aromatic heterocycles. The van der Waals surface area contributed by atoms with Gasteiger partial charge in [-0.2, -0.15) is 0 Å². The predicted molar refractivity (Wildman–Crippen MR) is 62.7 cm³/mol. The number of aryl methyl sites for hydroxylation is 1. The predicted octanol–water partition coefficient (Wildman–Crippen LogP) is 3.23. The van der Waals surface area contributed by atoms with Gasteiger partial charge in [0.1, 0.15) is 0 Å². The van der Waals surface area contributed by atoms with Gasteiger partial charge in [0.25, 0.3) is 0 Å². The largest absolute Gasteiger partial charge is 0.294 e. The molecule has 0 spiro atoms. The zero-order valence-corrected chi connectivity index (χ0v) is 9.29. The Hall–Kier alpha value is -1.55. The highest BCUT2D eigenvalue weighted by Crippen LogP contribution is 2.15. The molecule has 1 aromatic carbocycles. The number of carbonyl (C=O) groups excluding carboxylic acids is 1. The third-order valence-electron chi connectivity index (χ3n) is 2.45. The first kappa shape index (κ1) is 11.5. The number of hydrogen-bond acceptors (Lipinski definition) is 1. The molecule has 1 atom stereocenters. The monoisotopic (exact) mass is 200 g/mol. The minimum absolute atomic E-state index is 0.191. The van der Waals surface area contributed by atoms with Crippen LogP contribution in [0.2, 0.25) is 0 Å². The van der Waals surface area contributed by atoms with E-state index >= 15 is 0 Å². The van der Waals surface area contributed by atoms with E-state index in [0.29, 0.717) is 12.8 Å². The first-order valence-electron chi connectivity index (χ1n) is 5.17. The van der Waals surface area contributed by atoms with E-state index in [1.807, 2.05) is 38.1 Å². The molecule has 1 aromatic rings. The van der Waals surface area contributed by atoms with Gasteiger partial charge in [0.05, 0.1) is 0 Å². The average molecular weight is 200 g/mol. The van der Waals surface area contributed by atoms with Gasteiger partial charge in [0.2, 0.25) is 0 Å². The standard InChI is InChI=1S/C14H16O/c1-4-7-11(2)10-14(15)13-9-6-5-8-12(13)3/h1,5-6,8-9,11H,7,10H2,2-3H3. The molecule has 1 heteroatoms. The fourth-order valence-electron chi connectivity index (χ4n) is 1.59. The fourth-order valence-corrected chi connectivity index (χ4v) is 1.59. The number of Topliss-reactive ketones (excluding diaryl/α,β-unsaturated/α-hetero) is 1. The van der Waals surface area contributed by atoms with E-state index in [-0.39, 0.29) is 11.7 Å². The topological polar surface area (TPSA) is 17.1 Å². The van der Waals surface area contributed by atoms with Gasteiger partial charge in [0, 0.05) is 18.4 Å². The van der Waals surface area contributed by atoms with Crippen molar-refractivity contribution in [2.75, 3.05) is 0 Å². The lowest BCUT2D eigenvalue weighted by molar-refractivity contribution is 0.0965. The number of rotatable bonds is 4. The van der Waals surface area contributed by atoms with Crippen LogP contribution in [-0.2, 0) is 0 Å². The zero-order valence-electron chi connectivity index (χ0n) is 9.29. The molecule has 0 heterocycles. The van der Waals surface area contributed by atoms with Crippen molar-refractivity contribution in [2.45, 2.75) is 26.7 Å². The van der Waals surface area contributed by atoms with Gasteiger partial charge in [0.15, 0.2) is 5.78 Å². The molecule has 0 aliphatic rings. The van der Waals surface area contributed by atoms with Gasteiger partial charge in [-0.25, -0.2) is 0 Å².